The number of aromatic nitrogens is 4. The number of piperazine rings is 1. The molecule has 3 heterocycles. The summed E-state index contributed by atoms with van der Waals surface area (Å²) < 4.78 is 24.5. The molecule has 0 spiro atoms. The van der Waals surface area contributed by atoms with E-state index in [1.54, 1.807) is 21.3 Å². The van der Waals surface area contributed by atoms with Crippen LogP contribution in [0.25, 0.3) is 0 Å². The van der Waals surface area contributed by atoms with Crippen LogP contribution in [0, 0.1) is 0 Å². The van der Waals surface area contributed by atoms with Crippen molar-refractivity contribution >= 4 is 5.69 Å². The Morgan fingerprint density at radius 3 is 2.36 bits per heavy atom. The maximum atomic E-state index is 5.88. The van der Waals surface area contributed by atoms with Crippen LogP contribution >= 0.6 is 0 Å². The lowest BCUT2D eigenvalue weighted by molar-refractivity contribution is 0.0906. The van der Waals surface area contributed by atoms with E-state index in [-0.39, 0.29) is 12.1 Å². The molecule has 10 nitrogen and oxygen atoms in total. The van der Waals surface area contributed by atoms with Crippen LogP contribution in [-0.4, -0.2) is 85.3 Å². The number of hydrogen-bond acceptors (Lipinski definition) is 9. The van der Waals surface area contributed by atoms with E-state index >= 15 is 0 Å². The van der Waals surface area contributed by atoms with E-state index in [0.29, 0.717) is 6.54 Å². The van der Waals surface area contributed by atoms with E-state index in [2.05, 4.69) is 37.5 Å². The number of rotatable bonds is 9. The highest BCUT2D eigenvalue weighted by molar-refractivity contribution is 5.50. The molecule has 2 aliphatic rings. The van der Waals surface area contributed by atoms with Gasteiger partial charge in [0.25, 0.3) is 0 Å². The van der Waals surface area contributed by atoms with Gasteiger partial charge in [0, 0.05) is 44.0 Å². The zero-order valence-electron chi connectivity index (χ0n) is 21.2. The van der Waals surface area contributed by atoms with E-state index in [1.807, 2.05) is 35.0 Å². The third kappa shape index (κ3) is 5.10. The van der Waals surface area contributed by atoms with Crippen molar-refractivity contribution in [1.82, 2.24) is 25.1 Å². The first kappa shape index (κ1) is 24.3. The van der Waals surface area contributed by atoms with Crippen LogP contribution in [0.4, 0.5) is 5.69 Å². The normalized spacial score (nSPS) is 19.3. The summed E-state index contributed by atoms with van der Waals surface area (Å²) in [5, 5.41) is 12.9. The molecule has 3 aromatic rings. The number of tetrazole rings is 1. The molecular formula is C26H34N6O4. The minimum absolute atomic E-state index is 0.132. The highest BCUT2D eigenvalue weighted by atomic mass is 16.5. The Hall–Kier alpha value is -3.37. The summed E-state index contributed by atoms with van der Waals surface area (Å²) in [6.45, 7) is 4.86. The monoisotopic (exact) mass is 494 g/mol. The first-order chi connectivity index (χ1) is 17.7. The van der Waals surface area contributed by atoms with E-state index in [9.17, 15) is 0 Å². The number of anilines is 1. The number of ether oxygens (including phenoxy) is 4. The molecule has 5 rings (SSSR count). The van der Waals surface area contributed by atoms with Gasteiger partial charge in [0.15, 0.2) is 5.82 Å². The van der Waals surface area contributed by atoms with Crippen molar-refractivity contribution in [2.75, 3.05) is 59.0 Å². The van der Waals surface area contributed by atoms with Crippen LogP contribution in [0.2, 0.25) is 0 Å². The zero-order valence-corrected chi connectivity index (χ0v) is 21.2. The van der Waals surface area contributed by atoms with Gasteiger partial charge in [-0.2, -0.15) is 0 Å². The summed E-state index contributed by atoms with van der Waals surface area (Å²) in [5.41, 5.74) is 2.17. The smallest absolute Gasteiger partial charge is 0.173 e. The van der Waals surface area contributed by atoms with Gasteiger partial charge in [-0.3, -0.25) is 4.90 Å². The SMILES string of the molecule is COc1ccc(N2CCN([C@@H](c3cc(OC)ccc3OC)c3nnnn3C[C@@H]3CCCO3)CC2)cc1. The van der Waals surface area contributed by atoms with Crippen molar-refractivity contribution < 1.29 is 18.9 Å². The molecule has 0 N–H and O–H groups in total. The van der Waals surface area contributed by atoms with Gasteiger partial charge < -0.3 is 23.8 Å². The fraction of sp³-hybridized carbons (Fsp3) is 0.500. The fourth-order valence-electron chi connectivity index (χ4n) is 5.10. The molecule has 0 aliphatic carbocycles. The topological polar surface area (TPSA) is 87.0 Å². The first-order valence-electron chi connectivity index (χ1n) is 12.4. The minimum Gasteiger partial charge on any atom is -0.497 e. The Kier molecular flexibility index (Phi) is 7.52. The molecule has 36 heavy (non-hydrogen) atoms. The highest BCUT2D eigenvalue weighted by Crippen LogP contribution is 2.37. The van der Waals surface area contributed by atoms with Crippen LogP contribution in [0.5, 0.6) is 17.2 Å². The summed E-state index contributed by atoms with van der Waals surface area (Å²) in [4.78, 5) is 4.82. The molecule has 0 amide bonds. The molecule has 2 aliphatic heterocycles. The number of nitrogens with zero attached hydrogens (tertiary/aromatic N) is 6. The third-order valence-electron chi connectivity index (χ3n) is 7.05. The molecule has 0 radical (unpaired) electrons. The Bertz CT molecular complexity index is 1120. The lowest BCUT2D eigenvalue weighted by Crippen LogP contribution is -2.48. The average Bonchev–Trinajstić information content (AvgIpc) is 3.62. The second kappa shape index (κ2) is 11.1. The second-order valence-electron chi connectivity index (χ2n) is 9.09. The number of benzene rings is 2. The summed E-state index contributed by atoms with van der Waals surface area (Å²) in [7, 11) is 5.06. The van der Waals surface area contributed by atoms with Crippen LogP contribution < -0.4 is 19.1 Å². The van der Waals surface area contributed by atoms with Gasteiger partial charge in [0.05, 0.1) is 34.0 Å². The third-order valence-corrected chi connectivity index (χ3v) is 7.05. The minimum atomic E-state index is -0.190. The molecule has 2 aromatic carbocycles. The number of methoxy groups -OCH3 is 3. The summed E-state index contributed by atoms with van der Waals surface area (Å²) >= 11 is 0. The van der Waals surface area contributed by atoms with Gasteiger partial charge in [-0.1, -0.05) is 0 Å². The van der Waals surface area contributed by atoms with Crippen molar-refractivity contribution in [3.63, 3.8) is 0 Å². The lowest BCUT2D eigenvalue weighted by atomic mass is 10.0. The molecule has 0 saturated carbocycles. The molecule has 0 unspecified atom stereocenters. The Labute approximate surface area is 211 Å². The van der Waals surface area contributed by atoms with Crippen LogP contribution in [0.1, 0.15) is 30.3 Å². The second-order valence-corrected chi connectivity index (χ2v) is 9.09. The molecule has 2 fully saturated rings. The summed E-state index contributed by atoms with van der Waals surface area (Å²) in [6, 6.07) is 13.9. The van der Waals surface area contributed by atoms with Gasteiger partial charge in [-0.05, 0) is 65.7 Å². The van der Waals surface area contributed by atoms with Crippen molar-refractivity contribution in [3.05, 3.63) is 53.9 Å². The van der Waals surface area contributed by atoms with Gasteiger partial charge in [-0.25, -0.2) is 4.68 Å². The Balaban J connectivity index is 1.44. The highest BCUT2D eigenvalue weighted by Gasteiger charge is 2.34. The van der Waals surface area contributed by atoms with Gasteiger partial charge in [0.2, 0.25) is 0 Å². The molecule has 192 valence electrons. The maximum Gasteiger partial charge on any atom is 0.173 e. The molecule has 0 bridgehead atoms. The molecule has 2 saturated heterocycles. The number of hydrogen-bond donors (Lipinski definition) is 0. The van der Waals surface area contributed by atoms with Crippen molar-refractivity contribution in [3.8, 4) is 17.2 Å². The molecular weight excluding hydrogens is 460 g/mol. The first-order valence-corrected chi connectivity index (χ1v) is 12.4. The van der Waals surface area contributed by atoms with Crippen LogP contribution in [0.3, 0.4) is 0 Å². The largest absolute Gasteiger partial charge is 0.497 e. The predicted octanol–water partition coefficient (Wildman–Crippen LogP) is 2.79. The summed E-state index contributed by atoms with van der Waals surface area (Å²) in [6.07, 6.45) is 2.22. The van der Waals surface area contributed by atoms with E-state index in [4.69, 9.17) is 18.9 Å². The Morgan fingerprint density at radius 1 is 0.944 bits per heavy atom. The fourth-order valence-corrected chi connectivity index (χ4v) is 5.10. The van der Waals surface area contributed by atoms with Crippen LogP contribution in [-0.2, 0) is 11.3 Å². The van der Waals surface area contributed by atoms with Gasteiger partial charge in [-0.15, -0.1) is 5.10 Å². The molecule has 2 atom stereocenters. The van der Waals surface area contributed by atoms with E-state index in [1.165, 1.54) is 5.69 Å². The van der Waals surface area contributed by atoms with Crippen molar-refractivity contribution in [2.45, 2.75) is 31.5 Å². The average molecular weight is 495 g/mol. The van der Waals surface area contributed by atoms with Crippen LogP contribution in [0.15, 0.2) is 42.5 Å². The van der Waals surface area contributed by atoms with Crippen molar-refractivity contribution in [2.24, 2.45) is 0 Å². The zero-order chi connectivity index (χ0) is 24.9. The van der Waals surface area contributed by atoms with Gasteiger partial charge >= 0.3 is 0 Å². The Morgan fingerprint density at radius 2 is 1.69 bits per heavy atom. The lowest BCUT2D eigenvalue weighted by Gasteiger charge is -2.40. The quantitative estimate of drug-likeness (QED) is 0.446. The maximum absolute atomic E-state index is 5.88. The van der Waals surface area contributed by atoms with E-state index < -0.39 is 0 Å². The molecule has 1 aromatic heterocycles. The van der Waals surface area contributed by atoms with E-state index in [0.717, 1.165) is 74.3 Å². The van der Waals surface area contributed by atoms with Gasteiger partial charge in [0.1, 0.15) is 23.3 Å². The standard InChI is InChI=1S/C26H34N6O4/c1-33-20-8-6-19(7-9-20)30-12-14-31(15-13-30)25(23-17-21(34-2)10-11-24(23)35-3)26-27-28-29-32(26)18-22-5-4-16-36-22/h6-11,17,22,25H,4-5,12-16,18H2,1-3H3/t22-,25-/m0/s1. The molecule has 10 heteroatoms. The van der Waals surface area contributed by atoms with Crippen molar-refractivity contribution in [1.29, 1.82) is 0 Å². The summed E-state index contributed by atoms with van der Waals surface area (Å²) in [5.74, 6) is 3.20. The predicted molar refractivity (Wildman–Crippen MR) is 135 cm³/mol.